The van der Waals surface area contributed by atoms with Crippen LogP contribution in [0.1, 0.15) is 31.1 Å². The van der Waals surface area contributed by atoms with Gasteiger partial charge in [-0.15, -0.1) is 11.6 Å². The lowest BCUT2D eigenvalue weighted by Gasteiger charge is -2.22. The van der Waals surface area contributed by atoms with Crippen LogP contribution in [0.3, 0.4) is 0 Å². The number of carbonyl (C=O) groups is 1. The van der Waals surface area contributed by atoms with Crippen molar-refractivity contribution < 1.29 is 4.79 Å². The molecule has 5 nitrogen and oxygen atoms in total. The first-order valence-electron chi connectivity index (χ1n) is 6.71. The van der Waals surface area contributed by atoms with Crippen molar-refractivity contribution in [2.75, 3.05) is 14.1 Å². The number of fused-ring (bicyclic) bond motifs is 1. The lowest BCUT2D eigenvalue weighted by molar-refractivity contribution is -0.131. The zero-order valence-electron chi connectivity index (χ0n) is 12.5. The van der Waals surface area contributed by atoms with Crippen LogP contribution in [-0.4, -0.2) is 34.5 Å². The summed E-state index contributed by atoms with van der Waals surface area (Å²) in [6.07, 6.45) is 0. The number of halogens is 1. The van der Waals surface area contributed by atoms with Crippen molar-refractivity contribution in [1.82, 2.24) is 14.5 Å². The van der Waals surface area contributed by atoms with Gasteiger partial charge in [0.1, 0.15) is 11.9 Å². The van der Waals surface area contributed by atoms with Crippen LogP contribution in [0.2, 0.25) is 0 Å². The van der Waals surface area contributed by atoms with Crippen molar-refractivity contribution in [2.24, 2.45) is 0 Å². The minimum atomic E-state index is -0.652. The van der Waals surface area contributed by atoms with Gasteiger partial charge in [0.25, 0.3) is 5.56 Å². The second-order valence-electron chi connectivity index (χ2n) is 5.19. The standard InChI is InChI=1S/C15H18ClN3O2/c1-9(16)13-17-12-8-6-5-7-11(12)15(21)19(13)10(2)14(20)18(3)4/h5-10H,1-4H3. The van der Waals surface area contributed by atoms with E-state index in [1.54, 1.807) is 46.1 Å². The van der Waals surface area contributed by atoms with E-state index in [1.165, 1.54) is 9.47 Å². The maximum Gasteiger partial charge on any atom is 0.262 e. The molecule has 112 valence electrons. The Morgan fingerprint density at radius 3 is 2.48 bits per heavy atom. The summed E-state index contributed by atoms with van der Waals surface area (Å²) in [7, 11) is 3.31. The molecule has 1 aromatic heterocycles. The van der Waals surface area contributed by atoms with Gasteiger partial charge >= 0.3 is 0 Å². The molecule has 0 radical (unpaired) electrons. The molecule has 2 rings (SSSR count). The average molecular weight is 308 g/mol. The van der Waals surface area contributed by atoms with Crippen LogP contribution in [0.25, 0.3) is 10.9 Å². The normalized spacial score (nSPS) is 14.0. The number of hydrogen-bond acceptors (Lipinski definition) is 3. The molecule has 2 aromatic rings. The first kappa shape index (κ1) is 15.5. The minimum Gasteiger partial charge on any atom is -0.347 e. The summed E-state index contributed by atoms with van der Waals surface area (Å²) in [6.45, 7) is 3.42. The van der Waals surface area contributed by atoms with E-state index >= 15 is 0 Å². The van der Waals surface area contributed by atoms with Crippen LogP contribution in [0.4, 0.5) is 0 Å². The van der Waals surface area contributed by atoms with E-state index in [4.69, 9.17) is 11.6 Å². The van der Waals surface area contributed by atoms with E-state index in [0.29, 0.717) is 16.7 Å². The van der Waals surface area contributed by atoms with E-state index < -0.39 is 11.4 Å². The Kier molecular flexibility index (Phi) is 4.32. The lowest BCUT2D eigenvalue weighted by Crippen LogP contribution is -2.37. The summed E-state index contributed by atoms with van der Waals surface area (Å²) in [6, 6.07) is 6.41. The molecule has 0 N–H and O–H groups in total. The number of nitrogens with zero attached hydrogens (tertiary/aromatic N) is 3. The summed E-state index contributed by atoms with van der Waals surface area (Å²) in [5.74, 6) is 0.232. The highest BCUT2D eigenvalue weighted by molar-refractivity contribution is 6.20. The fraction of sp³-hybridized carbons (Fsp3) is 0.400. The van der Waals surface area contributed by atoms with Crippen LogP contribution in [0.5, 0.6) is 0 Å². The minimum absolute atomic E-state index is 0.173. The number of benzene rings is 1. The molecule has 1 aromatic carbocycles. The number of alkyl halides is 1. The maximum absolute atomic E-state index is 12.7. The van der Waals surface area contributed by atoms with Gasteiger partial charge in [0.15, 0.2) is 0 Å². The van der Waals surface area contributed by atoms with Crippen LogP contribution >= 0.6 is 11.6 Å². The van der Waals surface area contributed by atoms with Crippen molar-refractivity contribution >= 4 is 28.4 Å². The molecule has 0 saturated carbocycles. The van der Waals surface area contributed by atoms with Gasteiger partial charge < -0.3 is 4.90 Å². The second kappa shape index (κ2) is 5.85. The van der Waals surface area contributed by atoms with Crippen LogP contribution in [0, 0.1) is 0 Å². The van der Waals surface area contributed by atoms with Crippen molar-refractivity contribution in [3.05, 3.63) is 40.4 Å². The van der Waals surface area contributed by atoms with Gasteiger partial charge in [-0.05, 0) is 26.0 Å². The Hall–Kier alpha value is -1.88. The predicted molar refractivity (Wildman–Crippen MR) is 83.7 cm³/mol. The highest BCUT2D eigenvalue weighted by atomic mass is 35.5. The molecule has 2 unspecified atom stereocenters. The van der Waals surface area contributed by atoms with E-state index in [1.807, 2.05) is 6.07 Å². The van der Waals surface area contributed by atoms with Crippen LogP contribution in [0.15, 0.2) is 29.1 Å². The van der Waals surface area contributed by atoms with Gasteiger partial charge in [0, 0.05) is 14.1 Å². The van der Waals surface area contributed by atoms with Crippen molar-refractivity contribution in [1.29, 1.82) is 0 Å². The third kappa shape index (κ3) is 2.78. The van der Waals surface area contributed by atoms with Gasteiger partial charge in [-0.25, -0.2) is 4.98 Å². The summed E-state index contributed by atoms with van der Waals surface area (Å²) in [5.41, 5.74) is 0.344. The summed E-state index contributed by atoms with van der Waals surface area (Å²) < 4.78 is 1.39. The highest BCUT2D eigenvalue weighted by Gasteiger charge is 2.24. The van der Waals surface area contributed by atoms with E-state index in [2.05, 4.69) is 4.98 Å². The molecule has 0 saturated heterocycles. The van der Waals surface area contributed by atoms with Crippen molar-refractivity contribution in [3.63, 3.8) is 0 Å². The SMILES string of the molecule is CC(Cl)c1nc2ccccc2c(=O)n1C(C)C(=O)N(C)C. The molecule has 2 atom stereocenters. The highest BCUT2D eigenvalue weighted by Crippen LogP contribution is 2.22. The number of para-hydroxylation sites is 1. The number of hydrogen-bond donors (Lipinski definition) is 0. The largest absolute Gasteiger partial charge is 0.347 e. The number of rotatable bonds is 3. The summed E-state index contributed by atoms with van der Waals surface area (Å²) in [4.78, 5) is 30.8. The van der Waals surface area contributed by atoms with Gasteiger partial charge in [-0.3, -0.25) is 14.2 Å². The Morgan fingerprint density at radius 2 is 1.90 bits per heavy atom. The third-order valence-corrected chi connectivity index (χ3v) is 3.57. The molecule has 6 heteroatoms. The molecule has 0 aliphatic carbocycles. The van der Waals surface area contributed by atoms with Crippen molar-refractivity contribution in [3.8, 4) is 0 Å². The van der Waals surface area contributed by atoms with Crippen LogP contribution in [-0.2, 0) is 4.79 Å². The molecule has 0 bridgehead atoms. The summed E-state index contributed by atoms with van der Waals surface area (Å²) >= 11 is 6.16. The smallest absolute Gasteiger partial charge is 0.262 e. The first-order valence-corrected chi connectivity index (χ1v) is 7.14. The number of amides is 1. The molecule has 1 amide bonds. The molecule has 0 fully saturated rings. The van der Waals surface area contributed by atoms with Gasteiger partial charge in [-0.2, -0.15) is 0 Å². The predicted octanol–water partition coefficient (Wildman–Crippen LogP) is 2.35. The van der Waals surface area contributed by atoms with Gasteiger partial charge in [0.05, 0.1) is 16.3 Å². The topological polar surface area (TPSA) is 55.2 Å². The molecule has 0 aliphatic rings. The summed E-state index contributed by atoms with van der Waals surface area (Å²) in [5, 5.41) is 0.0108. The maximum atomic E-state index is 12.7. The Labute approximate surface area is 128 Å². The molecule has 0 aliphatic heterocycles. The van der Waals surface area contributed by atoms with Crippen LogP contribution < -0.4 is 5.56 Å². The Bertz CT molecular complexity index is 737. The van der Waals surface area contributed by atoms with Gasteiger partial charge in [-0.1, -0.05) is 12.1 Å². The molecule has 1 heterocycles. The molecular formula is C15H18ClN3O2. The fourth-order valence-corrected chi connectivity index (χ4v) is 2.46. The van der Waals surface area contributed by atoms with Gasteiger partial charge in [0.2, 0.25) is 5.91 Å². The Morgan fingerprint density at radius 1 is 1.29 bits per heavy atom. The van der Waals surface area contributed by atoms with E-state index in [-0.39, 0.29) is 11.5 Å². The average Bonchev–Trinajstić information content (AvgIpc) is 2.45. The zero-order chi connectivity index (χ0) is 15.7. The monoisotopic (exact) mass is 307 g/mol. The number of carbonyl (C=O) groups excluding carboxylic acids is 1. The van der Waals surface area contributed by atoms with E-state index in [9.17, 15) is 9.59 Å². The van der Waals surface area contributed by atoms with Crippen molar-refractivity contribution in [2.45, 2.75) is 25.3 Å². The third-order valence-electron chi connectivity index (χ3n) is 3.38. The van der Waals surface area contributed by atoms with E-state index in [0.717, 1.165) is 0 Å². The molecule has 0 spiro atoms. The second-order valence-corrected chi connectivity index (χ2v) is 5.84. The zero-order valence-corrected chi connectivity index (χ0v) is 13.3. The number of aromatic nitrogens is 2. The first-order chi connectivity index (χ1) is 9.84. The molecular weight excluding hydrogens is 290 g/mol. The quantitative estimate of drug-likeness (QED) is 0.818. The molecule has 21 heavy (non-hydrogen) atoms. The lowest BCUT2D eigenvalue weighted by atomic mass is 10.2. The number of likely N-dealkylation sites (N-methyl/N-ethyl adjacent to an activating group) is 1. The Balaban J connectivity index is 2.76. The fourth-order valence-electron chi connectivity index (χ4n) is 2.30.